The average Bonchev–Trinajstić information content (AvgIpc) is 0.763. The molecule has 5 aromatic rings. The highest BCUT2D eigenvalue weighted by Crippen LogP contribution is 2.51. The molecule has 2 fully saturated rings. The van der Waals surface area contributed by atoms with E-state index in [2.05, 4.69) is 44.1 Å². The smallest absolute Gasteiger partial charge is 0.339 e. The summed E-state index contributed by atoms with van der Waals surface area (Å²) in [7, 11) is -3.22. The van der Waals surface area contributed by atoms with Crippen LogP contribution < -0.4 is 57.2 Å². The summed E-state index contributed by atoms with van der Waals surface area (Å²) in [6, 6.07) is 9.37. The third-order valence-electron chi connectivity index (χ3n) is 22.2. The number of rotatable bonds is 29. The van der Waals surface area contributed by atoms with E-state index in [1.165, 1.54) is 87.7 Å². The Kier molecular flexibility index (Phi) is 32.1. The second-order valence-electron chi connectivity index (χ2n) is 31.7. The fourth-order valence-electron chi connectivity index (χ4n) is 15.7. The molecule has 11 bridgehead atoms. The predicted molar refractivity (Wildman–Crippen MR) is 430 cm³/mol. The first-order valence-corrected chi connectivity index (χ1v) is 42.4. The fourth-order valence-corrected chi connectivity index (χ4v) is 16.6. The summed E-state index contributed by atoms with van der Waals surface area (Å²) >= 11 is 14.4. The number of carbonyl (C=O) groups is 7. The highest BCUT2D eigenvalue weighted by atomic mass is 35.5. The van der Waals surface area contributed by atoms with Crippen LogP contribution in [0.4, 0.5) is 0 Å². The number of amides is 4. The molecule has 12 rings (SSSR count). The van der Waals surface area contributed by atoms with Crippen molar-refractivity contribution in [1.29, 1.82) is 0 Å². The Morgan fingerprint density at radius 1 is 0.729 bits per heavy atom. The van der Waals surface area contributed by atoms with Crippen LogP contribution in [-0.2, 0) is 65.4 Å². The maximum atomic E-state index is 16.4. The second-order valence-corrected chi connectivity index (χ2v) is 34.1. The number of nitrogens with two attached hydrogens (primary N) is 1. The normalized spacial score (nSPS) is 26.7. The maximum absolute atomic E-state index is 16.4. The number of aromatic hydroxyl groups is 3. The van der Waals surface area contributed by atoms with Gasteiger partial charge in [-0.1, -0.05) is 107 Å². The Labute approximate surface area is 692 Å². The van der Waals surface area contributed by atoms with Crippen LogP contribution >= 0.6 is 30.8 Å². The maximum Gasteiger partial charge on any atom is 0.339 e. The molecule has 4 amide bonds. The summed E-state index contributed by atoms with van der Waals surface area (Å²) in [4.78, 5) is 125. The largest absolute Gasteiger partial charge is 0.507 e. The lowest BCUT2D eigenvalue weighted by Gasteiger charge is -2.48. The van der Waals surface area contributed by atoms with Gasteiger partial charge in [0.1, 0.15) is 71.0 Å². The van der Waals surface area contributed by atoms with Crippen molar-refractivity contribution in [3.05, 3.63) is 116 Å². The molecule has 0 aliphatic carbocycles. The molecule has 2 unspecified atom stereocenters. The van der Waals surface area contributed by atoms with E-state index in [0.717, 1.165) is 50.1 Å². The summed E-state index contributed by atoms with van der Waals surface area (Å²) in [6.45, 7) is 8.83. The molecule has 7 aliphatic rings. The van der Waals surface area contributed by atoms with Crippen LogP contribution in [0.15, 0.2) is 72.8 Å². The minimum absolute atomic E-state index is 0.0785. The van der Waals surface area contributed by atoms with Gasteiger partial charge in [0.2, 0.25) is 35.7 Å². The number of likely N-dealkylation sites (N-methyl/N-ethyl adjacent to an activating group) is 1. The van der Waals surface area contributed by atoms with E-state index in [0.29, 0.717) is 13.1 Å². The zero-order chi connectivity index (χ0) is 85.8. The average molecular weight is 1710 g/mol. The second kappa shape index (κ2) is 41.0. The molecule has 7 aliphatic heterocycles. The monoisotopic (exact) mass is 1710 g/mol. The molecule has 17 atom stereocenters. The third kappa shape index (κ3) is 22.8. The molecular weight excluding hydrogens is 1600 g/mol. The molecule has 7 heterocycles. The summed E-state index contributed by atoms with van der Waals surface area (Å²) < 4.78 is 51.6. The first-order valence-electron chi connectivity index (χ1n) is 39.8. The van der Waals surface area contributed by atoms with Gasteiger partial charge in [-0.3, -0.25) is 38.1 Å². The van der Waals surface area contributed by atoms with Gasteiger partial charge in [-0.05, 0) is 129 Å². The lowest BCUT2D eigenvalue weighted by Crippen LogP contribution is -2.65. The van der Waals surface area contributed by atoms with Crippen molar-refractivity contribution in [2.24, 2.45) is 23.5 Å². The van der Waals surface area contributed by atoms with Crippen molar-refractivity contribution in [2.75, 3.05) is 39.6 Å². The van der Waals surface area contributed by atoms with Gasteiger partial charge in [0.05, 0.1) is 64.7 Å². The first kappa shape index (κ1) is 92.3. The van der Waals surface area contributed by atoms with Crippen LogP contribution in [0.5, 0.6) is 46.0 Å². The Bertz CT molecular complexity index is 4480. The summed E-state index contributed by atoms with van der Waals surface area (Å²) in [5.74, 6) is -17.1. The number of benzene rings is 5. The number of aliphatic hydroxyl groups is 6. The highest BCUT2D eigenvalue weighted by molar-refractivity contribution is 7.51. The van der Waals surface area contributed by atoms with Crippen LogP contribution in [0.1, 0.15) is 182 Å². The predicted octanol–water partition coefficient (Wildman–Crippen LogP) is 6.13. The molecule has 646 valence electrons. The van der Waals surface area contributed by atoms with E-state index in [9.17, 15) is 74.7 Å². The number of ketones is 3. The number of primary amides is 1. The number of hydrogen-bond acceptors (Lipinski definition) is 27. The molecule has 0 radical (unpaired) electrons. The van der Waals surface area contributed by atoms with Gasteiger partial charge in [-0.25, -0.2) is 0 Å². The Hall–Kier alpha value is -8.00. The SMILES string of the molecule is CCCCCCCCCCNCCNC1(C)C[C@H](O[C@H]2[C@H](Oc3c4cc5cc3Oc3ccc(cc3Cl)[C@@H](O)[C@@H](NC(=O)[C@@H](CC(C)C)NC)C(=O)C[C@@H](CC(N)=O)C(=O)N[C@H]5C(=O)C[C@@H]3C(=O)C[C@H](C(=O)NCc5cc(O)c(CNCP(=O)(O)O)c(O)c5-c5cc3ccc5O)[C@H](O)c3ccc(c(Cl)c3)O4)OC(CO)[C@@H](O)[C@@H]2O)O[C@@H](C)[C@H]1O. The van der Waals surface area contributed by atoms with E-state index >= 15 is 19.2 Å². The molecule has 0 saturated carbocycles. The number of carbonyl (C=O) groups excluding carboxylic acids is 7. The van der Waals surface area contributed by atoms with Crippen LogP contribution in [0.3, 0.4) is 0 Å². The molecule has 20 N–H and O–H groups in total. The number of phenolic OH excluding ortho intramolecular Hbond substituents is 3. The molecule has 0 aromatic heterocycles. The summed E-state index contributed by atoms with van der Waals surface area (Å²) in [5.41, 5.74) is 3.06. The number of ether oxygens (including phenoxy) is 6. The van der Waals surface area contributed by atoms with Gasteiger partial charge in [-0.15, -0.1) is 0 Å². The number of Topliss-reactive ketones (excluding diaryl/α,β-unsaturated/α-hetero) is 3. The van der Waals surface area contributed by atoms with Crippen LogP contribution in [0.25, 0.3) is 11.1 Å². The van der Waals surface area contributed by atoms with Gasteiger partial charge < -0.3 is 127 Å². The van der Waals surface area contributed by atoms with Gasteiger partial charge in [0, 0.05) is 80.9 Å². The highest BCUT2D eigenvalue weighted by Gasteiger charge is 2.52. The van der Waals surface area contributed by atoms with E-state index < -0.39 is 238 Å². The Balaban J connectivity index is 1.15. The quantitative estimate of drug-likeness (QED) is 0.0189. The summed E-state index contributed by atoms with van der Waals surface area (Å²) in [6.07, 6.45) is -12.1. The number of halogens is 2. The van der Waals surface area contributed by atoms with Gasteiger partial charge in [0.15, 0.2) is 35.5 Å². The Morgan fingerprint density at radius 3 is 1.99 bits per heavy atom. The number of unbranched alkanes of at least 4 members (excludes halogenated alkanes) is 7. The molecule has 118 heavy (non-hydrogen) atoms. The first-order chi connectivity index (χ1) is 56.0. The fraction of sp³-hybridized carbons (Fsp3) is 0.549. The van der Waals surface area contributed by atoms with E-state index in [1.54, 1.807) is 13.8 Å². The molecule has 0 spiro atoms. The summed E-state index contributed by atoms with van der Waals surface area (Å²) in [5, 5.41) is 127. The number of hydrogen-bond donors (Lipinski definition) is 19. The standard InChI is InChI=1S/C82H109Cl2N8O25P/c1-7-8-9-10-11-12-13-14-21-87-22-23-90-82(5)35-66(112-41(4)77(82)105)116-76-74(104)73(103)64(38-93)115-81(76)117-75-62-30-45-31-63(75)114-61-20-17-44(27-53(61)84)71(101)69(92-80(108)54(86-6)24-40(2)3)58(97)28-46(32-65(85)99)78(106)91-68(45)59(98)33-48-42-15-18-55(94)49(25-42)67-47(29-56(95)51(72(67)102)37-88-39-118(109,110)111)36-89-79(107)50(34-57(48)96)70(100)43-16-19-60(113-62)52(83)26-43/h15-20,25-27,29-31,40-41,46,48,50,54,64,66,68-71,73-74,76-77,81,86-88,90,93-95,100-105H,7-14,21-24,28,32-39H2,1-6H3,(H2,85,99)(H,89,107)(H,91,106)(H,92,108)(H2,109,110,111)/t41-,46-,48-,50-,54+,64?,66-,68+,69-,70+,71+,73+,74-,76+,77+,81-,82?/m0/s1. The van der Waals surface area contributed by atoms with Gasteiger partial charge in [0.25, 0.3) is 0 Å². The minimum atomic E-state index is -4.73. The molecule has 33 nitrogen and oxygen atoms in total. The van der Waals surface area contributed by atoms with Crippen molar-refractivity contribution < 1.29 is 122 Å². The lowest BCUT2D eigenvalue weighted by atomic mass is 9.80. The van der Waals surface area contributed by atoms with E-state index in [1.807, 2.05) is 13.8 Å². The van der Waals surface area contributed by atoms with E-state index in [4.69, 9.17) is 57.4 Å². The molecule has 5 aromatic carbocycles. The Morgan fingerprint density at radius 2 is 1.37 bits per heavy atom. The minimum Gasteiger partial charge on any atom is -0.507 e. The molecular formula is C82H109Cl2N8O25P. The lowest BCUT2D eigenvalue weighted by molar-refractivity contribution is -0.334. The van der Waals surface area contributed by atoms with Crippen molar-refractivity contribution in [3.8, 4) is 57.1 Å². The van der Waals surface area contributed by atoms with Crippen LogP contribution in [0.2, 0.25) is 10.0 Å². The van der Waals surface area contributed by atoms with Crippen molar-refractivity contribution in [2.45, 2.75) is 229 Å². The van der Waals surface area contributed by atoms with Gasteiger partial charge in [-0.2, -0.15) is 0 Å². The van der Waals surface area contributed by atoms with Crippen molar-refractivity contribution >= 4 is 71.8 Å². The molecule has 2 saturated heterocycles. The number of aliphatic hydroxyl groups excluding tert-OH is 6. The molecule has 36 heteroatoms. The zero-order valence-electron chi connectivity index (χ0n) is 66.5. The van der Waals surface area contributed by atoms with Crippen molar-refractivity contribution in [3.63, 3.8) is 0 Å². The third-order valence-corrected chi connectivity index (χ3v) is 23.5. The zero-order valence-corrected chi connectivity index (χ0v) is 68.9. The van der Waals surface area contributed by atoms with E-state index in [-0.39, 0.29) is 84.8 Å². The number of phenols is 3. The number of fused-ring (bicyclic) bond motifs is 15. The topological polar surface area (TPSA) is 525 Å². The number of nitrogens with one attached hydrogen (secondary N) is 7. The van der Waals surface area contributed by atoms with Gasteiger partial charge >= 0.3 is 7.60 Å². The van der Waals surface area contributed by atoms with Crippen LogP contribution in [-0.4, -0.2) is 203 Å². The van der Waals surface area contributed by atoms with Crippen molar-refractivity contribution in [1.82, 2.24) is 37.2 Å². The van der Waals surface area contributed by atoms with Crippen LogP contribution in [0, 0.1) is 17.8 Å².